The molecule has 0 aliphatic heterocycles. The SMILES string of the molecule is CCNC(=O)CNS(=O)(=O)c1cc(S(C)(=O)=O)ccc1Cl. The molecule has 118 valence electrons. The number of amides is 1. The summed E-state index contributed by atoms with van der Waals surface area (Å²) < 4.78 is 49.1. The molecule has 1 aromatic rings. The largest absolute Gasteiger partial charge is 0.355 e. The minimum Gasteiger partial charge on any atom is -0.355 e. The zero-order chi connectivity index (χ0) is 16.3. The van der Waals surface area contributed by atoms with Crippen molar-refractivity contribution in [3.8, 4) is 0 Å². The molecule has 0 aromatic heterocycles. The van der Waals surface area contributed by atoms with Gasteiger partial charge >= 0.3 is 0 Å². The number of nitrogens with one attached hydrogen (secondary N) is 2. The molecule has 0 aliphatic carbocycles. The van der Waals surface area contributed by atoms with Crippen molar-refractivity contribution < 1.29 is 21.6 Å². The summed E-state index contributed by atoms with van der Waals surface area (Å²) in [6, 6.07) is 3.34. The van der Waals surface area contributed by atoms with Crippen LogP contribution >= 0.6 is 11.6 Å². The molecule has 1 aromatic carbocycles. The van der Waals surface area contributed by atoms with Crippen molar-refractivity contribution >= 4 is 37.4 Å². The minimum absolute atomic E-state index is 0.134. The number of hydrogen-bond acceptors (Lipinski definition) is 5. The van der Waals surface area contributed by atoms with Gasteiger partial charge in [-0.2, -0.15) is 0 Å². The molecule has 0 fully saturated rings. The van der Waals surface area contributed by atoms with E-state index in [0.29, 0.717) is 6.54 Å². The van der Waals surface area contributed by atoms with E-state index in [0.717, 1.165) is 12.3 Å². The molecule has 7 nitrogen and oxygen atoms in total. The Morgan fingerprint density at radius 2 is 1.86 bits per heavy atom. The van der Waals surface area contributed by atoms with E-state index < -0.39 is 37.2 Å². The first-order valence-electron chi connectivity index (χ1n) is 5.84. The third-order valence-corrected chi connectivity index (χ3v) is 5.41. The molecule has 0 aliphatic rings. The summed E-state index contributed by atoms with van der Waals surface area (Å²) in [5.41, 5.74) is 0. The smallest absolute Gasteiger partial charge is 0.242 e. The number of carbonyl (C=O) groups excluding carboxylic acids is 1. The summed E-state index contributed by atoms with van der Waals surface area (Å²) >= 11 is 5.79. The minimum atomic E-state index is -4.09. The van der Waals surface area contributed by atoms with Crippen LogP contribution in [0.25, 0.3) is 0 Å². The Hall–Kier alpha value is -1.16. The highest BCUT2D eigenvalue weighted by Gasteiger charge is 2.21. The second kappa shape index (κ2) is 6.73. The number of benzene rings is 1. The monoisotopic (exact) mass is 354 g/mol. The number of carbonyl (C=O) groups is 1. The Bertz CT molecular complexity index is 744. The Morgan fingerprint density at radius 3 is 2.38 bits per heavy atom. The molecule has 0 bridgehead atoms. The lowest BCUT2D eigenvalue weighted by Crippen LogP contribution is -2.36. The van der Waals surface area contributed by atoms with Crippen molar-refractivity contribution in [2.24, 2.45) is 0 Å². The Kier molecular flexibility index (Phi) is 5.74. The van der Waals surface area contributed by atoms with E-state index in [1.807, 2.05) is 0 Å². The number of hydrogen-bond donors (Lipinski definition) is 2. The van der Waals surface area contributed by atoms with Gasteiger partial charge in [-0.05, 0) is 25.1 Å². The van der Waals surface area contributed by atoms with E-state index in [1.165, 1.54) is 12.1 Å². The third kappa shape index (κ3) is 4.95. The molecular formula is C11H15ClN2O5S2. The Balaban J connectivity index is 3.11. The van der Waals surface area contributed by atoms with Gasteiger partial charge in [-0.15, -0.1) is 0 Å². The summed E-state index contributed by atoms with van der Waals surface area (Å²) in [5, 5.41) is 2.29. The predicted molar refractivity (Wildman–Crippen MR) is 78.4 cm³/mol. The van der Waals surface area contributed by atoms with Gasteiger partial charge in [0.1, 0.15) is 4.90 Å². The van der Waals surface area contributed by atoms with E-state index >= 15 is 0 Å². The summed E-state index contributed by atoms with van der Waals surface area (Å²) in [6.07, 6.45) is 0.953. The van der Waals surface area contributed by atoms with Crippen LogP contribution in [0, 0.1) is 0 Å². The fraction of sp³-hybridized carbons (Fsp3) is 0.364. The van der Waals surface area contributed by atoms with Gasteiger partial charge in [-0.1, -0.05) is 11.6 Å². The highest BCUT2D eigenvalue weighted by Crippen LogP contribution is 2.24. The van der Waals surface area contributed by atoms with Crippen LogP contribution in [0.5, 0.6) is 0 Å². The van der Waals surface area contributed by atoms with Crippen LogP contribution in [0.15, 0.2) is 28.0 Å². The predicted octanol–water partition coefficient (Wildman–Crippen LogP) is 0.158. The van der Waals surface area contributed by atoms with Crippen molar-refractivity contribution in [3.05, 3.63) is 23.2 Å². The molecule has 0 saturated carbocycles. The normalized spacial score (nSPS) is 12.1. The molecule has 0 radical (unpaired) electrons. The number of likely N-dealkylation sites (N-methyl/N-ethyl adjacent to an activating group) is 1. The molecule has 1 amide bonds. The van der Waals surface area contributed by atoms with Crippen molar-refractivity contribution in [2.45, 2.75) is 16.7 Å². The third-order valence-electron chi connectivity index (χ3n) is 2.42. The average molecular weight is 355 g/mol. The summed E-state index contributed by atoms with van der Waals surface area (Å²) in [7, 11) is -7.67. The van der Waals surface area contributed by atoms with Crippen LogP contribution in [0.3, 0.4) is 0 Å². The Labute approximate surface area is 128 Å². The number of sulfonamides is 1. The maximum atomic E-state index is 12.1. The van der Waals surface area contributed by atoms with Gasteiger partial charge < -0.3 is 5.32 Å². The topological polar surface area (TPSA) is 109 Å². The molecule has 2 N–H and O–H groups in total. The number of sulfone groups is 1. The molecule has 10 heteroatoms. The van der Waals surface area contributed by atoms with Crippen LogP contribution in [-0.2, 0) is 24.7 Å². The van der Waals surface area contributed by atoms with Gasteiger partial charge in [-0.3, -0.25) is 4.79 Å². The first kappa shape index (κ1) is 17.9. The van der Waals surface area contributed by atoms with E-state index in [9.17, 15) is 21.6 Å². The highest BCUT2D eigenvalue weighted by atomic mass is 35.5. The molecule has 0 atom stereocenters. The van der Waals surface area contributed by atoms with Gasteiger partial charge in [0.2, 0.25) is 15.9 Å². The lowest BCUT2D eigenvalue weighted by atomic mass is 10.4. The van der Waals surface area contributed by atoms with Crippen LogP contribution in [-0.4, -0.2) is 42.1 Å². The second-order valence-corrected chi connectivity index (χ2v) is 8.30. The maximum Gasteiger partial charge on any atom is 0.242 e. The molecule has 0 saturated heterocycles. The number of rotatable bonds is 6. The lowest BCUT2D eigenvalue weighted by molar-refractivity contribution is -0.119. The van der Waals surface area contributed by atoms with Crippen molar-refractivity contribution in [1.29, 1.82) is 0 Å². The fourth-order valence-electron chi connectivity index (χ4n) is 1.42. The fourth-order valence-corrected chi connectivity index (χ4v) is 3.65. The first-order chi connectivity index (χ1) is 9.58. The van der Waals surface area contributed by atoms with E-state index in [-0.39, 0.29) is 9.92 Å². The summed E-state index contributed by atoms with van der Waals surface area (Å²) in [4.78, 5) is 10.7. The van der Waals surface area contributed by atoms with Crippen LogP contribution in [0.4, 0.5) is 0 Å². The van der Waals surface area contributed by atoms with E-state index in [4.69, 9.17) is 11.6 Å². The van der Waals surface area contributed by atoms with Gasteiger partial charge in [0.15, 0.2) is 9.84 Å². The lowest BCUT2D eigenvalue weighted by Gasteiger charge is -2.09. The van der Waals surface area contributed by atoms with Crippen molar-refractivity contribution in [1.82, 2.24) is 10.0 Å². The average Bonchev–Trinajstić information content (AvgIpc) is 2.36. The zero-order valence-electron chi connectivity index (χ0n) is 11.4. The Morgan fingerprint density at radius 1 is 1.24 bits per heavy atom. The maximum absolute atomic E-state index is 12.1. The van der Waals surface area contributed by atoms with Crippen LogP contribution in [0.2, 0.25) is 5.02 Å². The van der Waals surface area contributed by atoms with E-state index in [1.54, 1.807) is 6.92 Å². The van der Waals surface area contributed by atoms with Crippen molar-refractivity contribution in [3.63, 3.8) is 0 Å². The quantitative estimate of drug-likeness (QED) is 0.756. The molecule has 21 heavy (non-hydrogen) atoms. The molecule has 0 heterocycles. The van der Waals surface area contributed by atoms with Crippen molar-refractivity contribution in [2.75, 3.05) is 19.3 Å². The molecule has 0 spiro atoms. The van der Waals surface area contributed by atoms with Crippen LogP contribution < -0.4 is 10.0 Å². The van der Waals surface area contributed by atoms with E-state index in [2.05, 4.69) is 10.0 Å². The first-order valence-corrected chi connectivity index (χ1v) is 9.59. The van der Waals surface area contributed by atoms with Gasteiger partial charge in [-0.25, -0.2) is 21.6 Å². The van der Waals surface area contributed by atoms with Gasteiger partial charge in [0.25, 0.3) is 0 Å². The second-order valence-electron chi connectivity index (χ2n) is 4.14. The van der Waals surface area contributed by atoms with Gasteiger partial charge in [0.05, 0.1) is 16.5 Å². The molecule has 1 rings (SSSR count). The summed E-state index contributed by atoms with van der Waals surface area (Å²) in [6.45, 7) is 1.60. The molecule has 0 unspecified atom stereocenters. The summed E-state index contributed by atoms with van der Waals surface area (Å²) in [5.74, 6) is -0.503. The van der Waals surface area contributed by atoms with Crippen LogP contribution in [0.1, 0.15) is 6.92 Å². The van der Waals surface area contributed by atoms with Gasteiger partial charge in [0, 0.05) is 12.8 Å². The molecular weight excluding hydrogens is 340 g/mol. The standard InChI is InChI=1S/C11H15ClN2O5S2/c1-3-13-11(15)7-14-21(18,19)10-6-8(20(2,16)17)4-5-9(10)12/h4-6,14H,3,7H2,1-2H3,(H,13,15). The highest BCUT2D eigenvalue weighted by molar-refractivity contribution is 7.91. The zero-order valence-corrected chi connectivity index (χ0v) is 13.8. The number of halogens is 1.